The molecular formula is C13H16ClNO. The van der Waals surface area contributed by atoms with Gasteiger partial charge in [0.25, 0.3) is 0 Å². The van der Waals surface area contributed by atoms with Crippen LogP contribution in [0.15, 0.2) is 24.3 Å². The number of benzene rings is 1. The van der Waals surface area contributed by atoms with Gasteiger partial charge in [-0.1, -0.05) is 11.6 Å². The van der Waals surface area contributed by atoms with E-state index in [2.05, 4.69) is 5.32 Å². The zero-order valence-electron chi connectivity index (χ0n) is 9.16. The molecule has 0 bridgehead atoms. The van der Waals surface area contributed by atoms with Crippen LogP contribution in [0.5, 0.6) is 5.75 Å². The fourth-order valence-electron chi connectivity index (χ4n) is 2.93. The lowest BCUT2D eigenvalue weighted by Crippen LogP contribution is -2.26. The summed E-state index contributed by atoms with van der Waals surface area (Å²) in [6.45, 7) is 2.29. The molecule has 2 unspecified atom stereocenters. The second-order valence-electron chi connectivity index (χ2n) is 4.77. The SMILES string of the molecule is Clc1ccc(O[C@H]2CCC3CNCC32)cc1. The van der Waals surface area contributed by atoms with Gasteiger partial charge in [-0.15, -0.1) is 0 Å². The number of rotatable bonds is 2. The Labute approximate surface area is 101 Å². The minimum atomic E-state index is 0.390. The summed E-state index contributed by atoms with van der Waals surface area (Å²) < 4.78 is 6.05. The molecule has 86 valence electrons. The third-order valence-electron chi connectivity index (χ3n) is 3.79. The largest absolute Gasteiger partial charge is 0.490 e. The van der Waals surface area contributed by atoms with Crippen molar-refractivity contribution in [3.63, 3.8) is 0 Å². The summed E-state index contributed by atoms with van der Waals surface area (Å²) in [4.78, 5) is 0. The van der Waals surface area contributed by atoms with Crippen LogP contribution in [0, 0.1) is 11.8 Å². The Morgan fingerprint density at radius 2 is 1.94 bits per heavy atom. The molecule has 3 heteroatoms. The smallest absolute Gasteiger partial charge is 0.119 e. The lowest BCUT2D eigenvalue weighted by atomic mass is 9.99. The molecule has 2 nitrogen and oxygen atoms in total. The maximum Gasteiger partial charge on any atom is 0.119 e. The summed E-state index contributed by atoms with van der Waals surface area (Å²) in [5.41, 5.74) is 0. The van der Waals surface area contributed by atoms with Gasteiger partial charge in [0.05, 0.1) is 0 Å². The first-order valence-electron chi connectivity index (χ1n) is 5.96. The van der Waals surface area contributed by atoms with Gasteiger partial charge in [0.15, 0.2) is 0 Å². The molecule has 0 aromatic heterocycles. The summed E-state index contributed by atoms with van der Waals surface area (Å²) in [5.74, 6) is 2.48. The standard InChI is InChI=1S/C13H16ClNO/c14-10-2-4-11(5-3-10)16-13-6-1-9-7-15-8-12(9)13/h2-5,9,12-13,15H,1,6-8H2/t9?,12?,13-/m0/s1. The number of fused-ring (bicyclic) bond motifs is 1. The molecule has 0 spiro atoms. The molecule has 3 atom stereocenters. The number of hydrogen-bond acceptors (Lipinski definition) is 2. The van der Waals surface area contributed by atoms with Crippen LogP contribution in [-0.4, -0.2) is 19.2 Å². The van der Waals surface area contributed by atoms with Crippen molar-refractivity contribution in [2.75, 3.05) is 13.1 Å². The van der Waals surface area contributed by atoms with Crippen LogP contribution < -0.4 is 10.1 Å². The van der Waals surface area contributed by atoms with Crippen LogP contribution in [-0.2, 0) is 0 Å². The lowest BCUT2D eigenvalue weighted by molar-refractivity contribution is 0.158. The van der Waals surface area contributed by atoms with Crippen LogP contribution in [0.3, 0.4) is 0 Å². The predicted molar refractivity (Wildman–Crippen MR) is 65.0 cm³/mol. The maximum atomic E-state index is 6.05. The van der Waals surface area contributed by atoms with E-state index < -0.39 is 0 Å². The number of halogens is 1. The average Bonchev–Trinajstić information content (AvgIpc) is 2.86. The molecule has 1 heterocycles. The lowest BCUT2D eigenvalue weighted by Gasteiger charge is -2.19. The van der Waals surface area contributed by atoms with Gasteiger partial charge in [0, 0.05) is 17.5 Å². The minimum absolute atomic E-state index is 0.390. The van der Waals surface area contributed by atoms with E-state index in [-0.39, 0.29) is 0 Å². The van der Waals surface area contributed by atoms with Crippen LogP contribution in [0.25, 0.3) is 0 Å². The van der Waals surface area contributed by atoms with E-state index in [1.807, 2.05) is 24.3 Å². The van der Waals surface area contributed by atoms with Crippen LogP contribution in [0.1, 0.15) is 12.8 Å². The molecule has 1 saturated heterocycles. The second kappa shape index (κ2) is 4.27. The van der Waals surface area contributed by atoms with E-state index in [9.17, 15) is 0 Å². The second-order valence-corrected chi connectivity index (χ2v) is 5.21. The van der Waals surface area contributed by atoms with Gasteiger partial charge in [-0.2, -0.15) is 0 Å². The molecular weight excluding hydrogens is 222 g/mol. The first-order chi connectivity index (χ1) is 7.83. The van der Waals surface area contributed by atoms with Crippen molar-refractivity contribution >= 4 is 11.6 Å². The molecule has 1 aliphatic heterocycles. The van der Waals surface area contributed by atoms with E-state index in [0.29, 0.717) is 12.0 Å². The molecule has 16 heavy (non-hydrogen) atoms. The zero-order chi connectivity index (χ0) is 11.0. The highest BCUT2D eigenvalue weighted by atomic mass is 35.5. The zero-order valence-corrected chi connectivity index (χ0v) is 9.91. The van der Waals surface area contributed by atoms with Gasteiger partial charge in [-0.3, -0.25) is 0 Å². The van der Waals surface area contributed by atoms with Gasteiger partial charge in [0.1, 0.15) is 11.9 Å². The molecule has 0 radical (unpaired) electrons. The van der Waals surface area contributed by atoms with Crippen molar-refractivity contribution in [3.8, 4) is 5.75 Å². The highest BCUT2D eigenvalue weighted by Gasteiger charge is 2.40. The summed E-state index contributed by atoms with van der Waals surface area (Å²) in [5, 5.41) is 4.21. The Morgan fingerprint density at radius 1 is 1.12 bits per heavy atom. The van der Waals surface area contributed by atoms with Crippen LogP contribution in [0.4, 0.5) is 0 Å². The van der Waals surface area contributed by atoms with E-state index in [0.717, 1.165) is 23.2 Å². The maximum absolute atomic E-state index is 6.05. The van der Waals surface area contributed by atoms with Gasteiger partial charge in [-0.25, -0.2) is 0 Å². The molecule has 2 aliphatic rings. The van der Waals surface area contributed by atoms with E-state index in [4.69, 9.17) is 16.3 Å². The first-order valence-corrected chi connectivity index (χ1v) is 6.33. The minimum Gasteiger partial charge on any atom is -0.490 e. The summed E-state index contributed by atoms with van der Waals surface area (Å²) in [6, 6.07) is 7.68. The molecule has 1 saturated carbocycles. The van der Waals surface area contributed by atoms with Gasteiger partial charge < -0.3 is 10.1 Å². The van der Waals surface area contributed by atoms with Crippen molar-refractivity contribution in [2.24, 2.45) is 11.8 Å². The third-order valence-corrected chi connectivity index (χ3v) is 4.04. The fraction of sp³-hybridized carbons (Fsp3) is 0.538. The van der Waals surface area contributed by atoms with Crippen molar-refractivity contribution in [3.05, 3.63) is 29.3 Å². The van der Waals surface area contributed by atoms with Crippen molar-refractivity contribution in [2.45, 2.75) is 18.9 Å². The van der Waals surface area contributed by atoms with Gasteiger partial charge in [-0.05, 0) is 49.6 Å². The Morgan fingerprint density at radius 3 is 2.75 bits per heavy atom. The van der Waals surface area contributed by atoms with Crippen molar-refractivity contribution in [1.29, 1.82) is 0 Å². The summed E-state index contributed by atoms with van der Waals surface area (Å²) in [7, 11) is 0. The summed E-state index contributed by atoms with van der Waals surface area (Å²) in [6.07, 6.45) is 2.89. The molecule has 1 aliphatic carbocycles. The monoisotopic (exact) mass is 237 g/mol. The molecule has 3 rings (SSSR count). The highest BCUT2D eigenvalue weighted by molar-refractivity contribution is 6.30. The number of nitrogens with one attached hydrogen (secondary N) is 1. The quantitative estimate of drug-likeness (QED) is 0.854. The Kier molecular flexibility index (Phi) is 2.78. The van der Waals surface area contributed by atoms with E-state index in [1.165, 1.54) is 19.4 Å². The van der Waals surface area contributed by atoms with Gasteiger partial charge >= 0.3 is 0 Å². The van der Waals surface area contributed by atoms with E-state index in [1.54, 1.807) is 0 Å². The molecule has 1 aromatic rings. The van der Waals surface area contributed by atoms with Crippen molar-refractivity contribution < 1.29 is 4.74 Å². The summed E-state index contributed by atoms with van der Waals surface area (Å²) >= 11 is 5.85. The normalized spacial score (nSPS) is 32.7. The third kappa shape index (κ3) is 1.92. The molecule has 1 aromatic carbocycles. The van der Waals surface area contributed by atoms with Crippen LogP contribution in [0.2, 0.25) is 5.02 Å². The Balaban J connectivity index is 1.68. The van der Waals surface area contributed by atoms with Crippen LogP contribution >= 0.6 is 11.6 Å². The molecule has 0 amide bonds. The fourth-order valence-corrected chi connectivity index (χ4v) is 3.06. The topological polar surface area (TPSA) is 21.3 Å². The van der Waals surface area contributed by atoms with Crippen molar-refractivity contribution in [1.82, 2.24) is 5.32 Å². The van der Waals surface area contributed by atoms with E-state index >= 15 is 0 Å². The Hall–Kier alpha value is -0.730. The number of hydrogen-bond donors (Lipinski definition) is 1. The predicted octanol–water partition coefficient (Wildman–Crippen LogP) is 2.72. The highest BCUT2D eigenvalue weighted by Crippen LogP contribution is 2.37. The van der Waals surface area contributed by atoms with Gasteiger partial charge in [0.2, 0.25) is 0 Å². The number of ether oxygens (including phenoxy) is 1. The molecule has 1 N–H and O–H groups in total. The Bertz CT molecular complexity index is 365. The molecule has 2 fully saturated rings. The average molecular weight is 238 g/mol. The first kappa shape index (κ1) is 10.4.